The van der Waals surface area contributed by atoms with E-state index >= 15 is 0 Å². The third kappa shape index (κ3) is 4.71. The van der Waals surface area contributed by atoms with E-state index in [0.717, 1.165) is 16.8 Å². The number of rotatable bonds is 8. The van der Waals surface area contributed by atoms with Crippen molar-refractivity contribution in [3.63, 3.8) is 0 Å². The average molecular weight is 379 g/mol. The van der Waals surface area contributed by atoms with E-state index in [1.165, 1.54) is 0 Å². The summed E-state index contributed by atoms with van der Waals surface area (Å²) in [5.74, 6) is 1.37. The van der Waals surface area contributed by atoms with Crippen molar-refractivity contribution >= 4 is 5.91 Å². The van der Waals surface area contributed by atoms with Gasteiger partial charge in [-0.2, -0.15) is 0 Å². The zero-order chi connectivity index (χ0) is 19.9. The zero-order valence-corrected chi connectivity index (χ0v) is 16.4. The summed E-state index contributed by atoms with van der Waals surface area (Å²) in [6.45, 7) is 1.99. The van der Waals surface area contributed by atoms with Crippen LogP contribution in [0.3, 0.4) is 0 Å². The maximum absolute atomic E-state index is 12.4. The number of carbonyl (C=O) groups excluding carboxylic acids is 1. The van der Waals surface area contributed by atoms with E-state index in [1.54, 1.807) is 26.7 Å². The number of hydrogen-bond donors (Lipinski definition) is 1. The summed E-state index contributed by atoms with van der Waals surface area (Å²) in [6, 6.07) is 13.7. The molecule has 1 atom stereocenters. The molecule has 2 aromatic carbocycles. The molecule has 1 N–H and O–H groups in total. The first kappa shape index (κ1) is 19.5. The smallest absolute Gasteiger partial charge is 0.220 e. The molecule has 0 aliphatic rings. The largest absolute Gasteiger partial charge is 0.493 e. The van der Waals surface area contributed by atoms with Crippen molar-refractivity contribution in [1.29, 1.82) is 0 Å². The predicted molar refractivity (Wildman–Crippen MR) is 108 cm³/mol. The van der Waals surface area contributed by atoms with Gasteiger partial charge in [-0.3, -0.25) is 4.79 Å². The molecule has 0 aliphatic heterocycles. The van der Waals surface area contributed by atoms with Crippen LogP contribution in [0.4, 0.5) is 0 Å². The van der Waals surface area contributed by atoms with E-state index in [4.69, 9.17) is 9.47 Å². The molecular weight excluding hydrogens is 354 g/mol. The van der Waals surface area contributed by atoms with Crippen LogP contribution in [0.15, 0.2) is 61.2 Å². The van der Waals surface area contributed by atoms with Crippen LogP contribution in [-0.2, 0) is 11.2 Å². The molecule has 0 fully saturated rings. The molecular formula is C22H25N3O3. The zero-order valence-electron chi connectivity index (χ0n) is 16.4. The van der Waals surface area contributed by atoms with Crippen molar-refractivity contribution in [2.45, 2.75) is 25.8 Å². The Morgan fingerprint density at radius 3 is 2.50 bits per heavy atom. The molecule has 0 bridgehead atoms. The van der Waals surface area contributed by atoms with Crippen molar-refractivity contribution in [1.82, 2.24) is 14.9 Å². The highest BCUT2D eigenvalue weighted by atomic mass is 16.5. The van der Waals surface area contributed by atoms with Gasteiger partial charge >= 0.3 is 0 Å². The second-order valence-corrected chi connectivity index (χ2v) is 6.54. The molecule has 1 amide bonds. The van der Waals surface area contributed by atoms with E-state index in [-0.39, 0.29) is 11.9 Å². The van der Waals surface area contributed by atoms with E-state index in [2.05, 4.69) is 10.3 Å². The summed E-state index contributed by atoms with van der Waals surface area (Å²) in [6.07, 6.45) is 6.45. The molecule has 1 heterocycles. The molecule has 0 saturated carbocycles. The molecule has 146 valence electrons. The lowest BCUT2D eigenvalue weighted by Crippen LogP contribution is -2.26. The van der Waals surface area contributed by atoms with Gasteiger partial charge < -0.3 is 19.4 Å². The highest BCUT2D eigenvalue weighted by Crippen LogP contribution is 2.28. The minimum atomic E-state index is -0.0604. The van der Waals surface area contributed by atoms with Gasteiger partial charge in [0.2, 0.25) is 5.91 Å². The lowest BCUT2D eigenvalue weighted by Gasteiger charge is -2.15. The monoisotopic (exact) mass is 379 g/mol. The highest BCUT2D eigenvalue weighted by molar-refractivity contribution is 5.76. The Bertz CT molecular complexity index is 905. The number of nitrogens with one attached hydrogen (secondary N) is 1. The minimum Gasteiger partial charge on any atom is -0.493 e. The van der Waals surface area contributed by atoms with E-state index in [1.807, 2.05) is 60.2 Å². The van der Waals surface area contributed by atoms with Gasteiger partial charge in [-0.05, 0) is 48.7 Å². The van der Waals surface area contributed by atoms with Crippen LogP contribution in [-0.4, -0.2) is 29.7 Å². The van der Waals surface area contributed by atoms with Gasteiger partial charge in [0.05, 0.1) is 26.6 Å². The summed E-state index contributed by atoms with van der Waals surface area (Å²) < 4.78 is 12.5. The normalized spacial score (nSPS) is 11.7. The molecule has 6 heteroatoms. The number of hydrogen-bond acceptors (Lipinski definition) is 4. The number of methoxy groups -OCH3 is 2. The fourth-order valence-electron chi connectivity index (χ4n) is 3.04. The van der Waals surface area contributed by atoms with Crippen LogP contribution in [0, 0.1) is 0 Å². The van der Waals surface area contributed by atoms with Gasteiger partial charge in [-0.1, -0.05) is 18.2 Å². The fourth-order valence-corrected chi connectivity index (χ4v) is 3.04. The van der Waals surface area contributed by atoms with Gasteiger partial charge in [0.1, 0.15) is 0 Å². The number of benzene rings is 2. The van der Waals surface area contributed by atoms with Gasteiger partial charge in [-0.25, -0.2) is 4.98 Å². The number of aryl methyl sites for hydroxylation is 1. The Morgan fingerprint density at radius 1 is 1.11 bits per heavy atom. The number of imidazole rings is 1. The molecule has 1 aromatic heterocycles. The van der Waals surface area contributed by atoms with E-state index in [0.29, 0.717) is 24.3 Å². The van der Waals surface area contributed by atoms with Crippen LogP contribution in [0.1, 0.15) is 30.5 Å². The standard InChI is InChI=1S/C22H25N3O3/c1-16(18-6-8-19(9-7-18)25-13-12-23-15-25)24-22(26)11-5-17-4-10-20(27-2)21(14-17)28-3/h4,6-10,12-16H,5,11H2,1-3H3,(H,24,26). The molecule has 3 rings (SSSR count). The lowest BCUT2D eigenvalue weighted by atomic mass is 10.1. The minimum absolute atomic E-state index is 0.0148. The average Bonchev–Trinajstić information content (AvgIpc) is 3.27. The number of amides is 1. The van der Waals surface area contributed by atoms with Gasteiger partial charge in [0.25, 0.3) is 0 Å². The molecule has 0 radical (unpaired) electrons. The van der Waals surface area contributed by atoms with E-state index < -0.39 is 0 Å². The Hall–Kier alpha value is -3.28. The Kier molecular flexibility index (Phi) is 6.32. The van der Waals surface area contributed by atoms with Crippen molar-refractivity contribution in [2.24, 2.45) is 0 Å². The SMILES string of the molecule is COc1ccc(CCC(=O)NC(C)c2ccc(-n3ccnc3)cc2)cc1OC. The number of carbonyl (C=O) groups is 1. The lowest BCUT2D eigenvalue weighted by molar-refractivity contribution is -0.121. The van der Waals surface area contributed by atoms with Crippen molar-refractivity contribution in [3.05, 3.63) is 72.3 Å². The molecule has 0 spiro atoms. The van der Waals surface area contributed by atoms with Crippen molar-refractivity contribution in [3.8, 4) is 17.2 Å². The third-order valence-electron chi connectivity index (χ3n) is 4.66. The van der Waals surface area contributed by atoms with Gasteiger partial charge in [0, 0.05) is 24.5 Å². The Morgan fingerprint density at radius 2 is 1.86 bits per heavy atom. The quantitative estimate of drug-likeness (QED) is 0.648. The first-order valence-corrected chi connectivity index (χ1v) is 9.19. The van der Waals surface area contributed by atoms with Gasteiger partial charge in [-0.15, -0.1) is 0 Å². The van der Waals surface area contributed by atoms with Crippen LogP contribution < -0.4 is 14.8 Å². The fraction of sp³-hybridized carbons (Fsp3) is 0.273. The summed E-state index contributed by atoms with van der Waals surface area (Å²) >= 11 is 0. The van der Waals surface area contributed by atoms with Crippen molar-refractivity contribution in [2.75, 3.05) is 14.2 Å². The molecule has 0 aliphatic carbocycles. The number of nitrogens with zero attached hydrogens (tertiary/aromatic N) is 2. The Balaban J connectivity index is 1.54. The summed E-state index contributed by atoms with van der Waals surface area (Å²) in [5, 5.41) is 3.06. The first-order valence-electron chi connectivity index (χ1n) is 9.19. The van der Waals surface area contributed by atoms with Crippen LogP contribution in [0.2, 0.25) is 0 Å². The summed E-state index contributed by atoms with van der Waals surface area (Å²) in [7, 11) is 3.21. The van der Waals surface area contributed by atoms with Crippen LogP contribution >= 0.6 is 0 Å². The van der Waals surface area contributed by atoms with Crippen LogP contribution in [0.25, 0.3) is 5.69 Å². The molecule has 6 nitrogen and oxygen atoms in total. The topological polar surface area (TPSA) is 65.4 Å². The molecule has 1 unspecified atom stereocenters. The first-order chi connectivity index (χ1) is 13.6. The highest BCUT2D eigenvalue weighted by Gasteiger charge is 2.11. The summed E-state index contributed by atoms with van der Waals surface area (Å²) in [4.78, 5) is 16.4. The van der Waals surface area contributed by atoms with Crippen molar-refractivity contribution < 1.29 is 14.3 Å². The maximum Gasteiger partial charge on any atom is 0.220 e. The van der Waals surface area contributed by atoms with E-state index in [9.17, 15) is 4.79 Å². The third-order valence-corrected chi connectivity index (χ3v) is 4.66. The predicted octanol–water partition coefficient (Wildman–Crippen LogP) is 3.70. The van der Waals surface area contributed by atoms with Gasteiger partial charge in [0.15, 0.2) is 11.5 Å². The number of ether oxygens (including phenoxy) is 2. The maximum atomic E-state index is 12.4. The molecule has 28 heavy (non-hydrogen) atoms. The molecule has 3 aromatic rings. The molecule has 0 saturated heterocycles. The second-order valence-electron chi connectivity index (χ2n) is 6.54. The second kappa shape index (κ2) is 9.08. The summed E-state index contributed by atoms with van der Waals surface area (Å²) in [5.41, 5.74) is 3.13. The van der Waals surface area contributed by atoms with Crippen LogP contribution in [0.5, 0.6) is 11.5 Å². The number of aromatic nitrogens is 2. The Labute approximate surface area is 165 Å².